The van der Waals surface area contributed by atoms with Crippen molar-refractivity contribution >= 4 is 44.1 Å². The summed E-state index contributed by atoms with van der Waals surface area (Å²) in [6.07, 6.45) is 0. The van der Waals surface area contributed by atoms with Crippen molar-refractivity contribution in [2.45, 2.75) is 0 Å². The Morgan fingerprint density at radius 3 is 2.19 bits per heavy atom. The summed E-state index contributed by atoms with van der Waals surface area (Å²) in [6.45, 7) is 0. The molecule has 0 atom stereocenters. The van der Waals surface area contributed by atoms with Crippen molar-refractivity contribution < 1.29 is 4.39 Å². The van der Waals surface area contributed by atoms with Gasteiger partial charge in [0, 0.05) is 8.96 Å². The Bertz CT molecular complexity index is 683. The predicted molar refractivity (Wildman–Crippen MR) is 74.1 cm³/mol. The van der Waals surface area contributed by atoms with Crippen molar-refractivity contribution in [2.24, 2.45) is 0 Å². The van der Waals surface area contributed by atoms with E-state index in [1.807, 2.05) is 42.5 Å². The Morgan fingerprint density at radius 2 is 1.38 bits per heavy atom. The van der Waals surface area contributed by atoms with Crippen LogP contribution < -0.4 is 0 Å². The summed E-state index contributed by atoms with van der Waals surface area (Å²) in [5.74, 6) is -0.146. The molecule has 0 fully saturated rings. The summed E-state index contributed by atoms with van der Waals surface area (Å²) in [4.78, 5) is 0. The van der Waals surface area contributed by atoms with E-state index in [0.717, 1.165) is 19.7 Å². The molecule has 3 rings (SSSR count). The molecule has 0 amide bonds. The zero-order chi connectivity index (χ0) is 11.1. The van der Waals surface area contributed by atoms with Crippen LogP contribution >= 0.6 is 22.6 Å². The molecule has 0 aliphatic rings. The monoisotopic (exact) mass is 322 g/mol. The Balaban J connectivity index is 2.64. The molecule has 0 bridgehead atoms. The van der Waals surface area contributed by atoms with Crippen molar-refractivity contribution in [2.75, 3.05) is 0 Å². The molecule has 0 saturated heterocycles. The normalized spacial score (nSPS) is 11.1. The first-order chi connectivity index (χ1) is 7.77. The minimum Gasteiger partial charge on any atom is -0.206 e. The molecular weight excluding hydrogens is 314 g/mol. The van der Waals surface area contributed by atoms with Gasteiger partial charge in [-0.2, -0.15) is 0 Å². The molecule has 2 heteroatoms. The van der Waals surface area contributed by atoms with Gasteiger partial charge in [0.2, 0.25) is 0 Å². The predicted octanol–water partition coefficient (Wildman–Crippen LogP) is 4.74. The van der Waals surface area contributed by atoms with Crippen molar-refractivity contribution in [3.05, 3.63) is 57.9 Å². The smallest absolute Gasteiger partial charge is 0.131 e. The lowest BCUT2D eigenvalue weighted by molar-refractivity contribution is 0.641. The first-order valence-electron chi connectivity index (χ1n) is 5.03. The third kappa shape index (κ3) is 1.40. The highest BCUT2D eigenvalue weighted by Gasteiger charge is 2.07. The first kappa shape index (κ1) is 10.0. The van der Waals surface area contributed by atoms with Gasteiger partial charge in [-0.1, -0.05) is 36.4 Å². The Hall–Kier alpha value is -1.16. The summed E-state index contributed by atoms with van der Waals surface area (Å²) in [7, 11) is 0. The van der Waals surface area contributed by atoms with E-state index >= 15 is 0 Å². The van der Waals surface area contributed by atoms with Crippen LogP contribution in [0, 0.1) is 9.39 Å². The van der Waals surface area contributed by atoms with Crippen LogP contribution in [0.4, 0.5) is 4.39 Å². The molecule has 0 aliphatic heterocycles. The van der Waals surface area contributed by atoms with Gasteiger partial charge in [0.05, 0.1) is 0 Å². The standard InChI is InChI=1S/C14H8FI/c15-13-8-12-10(6-3-7-14(12)16)9-4-1-2-5-11(9)13/h1-8H. The Kier molecular flexibility index (Phi) is 2.32. The van der Waals surface area contributed by atoms with E-state index in [0.29, 0.717) is 5.39 Å². The minimum atomic E-state index is -0.146. The molecule has 0 aromatic heterocycles. The zero-order valence-electron chi connectivity index (χ0n) is 8.37. The van der Waals surface area contributed by atoms with Crippen molar-refractivity contribution in [3.63, 3.8) is 0 Å². The van der Waals surface area contributed by atoms with E-state index in [1.54, 1.807) is 6.07 Å². The fourth-order valence-electron chi connectivity index (χ4n) is 2.05. The van der Waals surface area contributed by atoms with Crippen LogP contribution in [0.15, 0.2) is 48.5 Å². The van der Waals surface area contributed by atoms with E-state index in [-0.39, 0.29) is 5.82 Å². The number of hydrogen-bond donors (Lipinski definition) is 0. The average Bonchev–Trinajstić information content (AvgIpc) is 2.31. The average molecular weight is 322 g/mol. The summed E-state index contributed by atoms with van der Waals surface area (Å²) in [5.41, 5.74) is 0. The van der Waals surface area contributed by atoms with Crippen LogP contribution in [0.1, 0.15) is 0 Å². The molecular formula is C14H8FI. The molecule has 0 aliphatic carbocycles. The highest BCUT2D eigenvalue weighted by molar-refractivity contribution is 14.1. The highest BCUT2D eigenvalue weighted by Crippen LogP contribution is 2.30. The number of hydrogen-bond acceptors (Lipinski definition) is 0. The highest BCUT2D eigenvalue weighted by atomic mass is 127. The van der Waals surface area contributed by atoms with Crippen molar-refractivity contribution in [1.82, 2.24) is 0 Å². The maximum atomic E-state index is 13.9. The lowest BCUT2D eigenvalue weighted by atomic mass is 10.0. The second kappa shape index (κ2) is 3.70. The van der Waals surface area contributed by atoms with Crippen LogP contribution in [0.25, 0.3) is 21.5 Å². The molecule has 0 radical (unpaired) electrons. The first-order valence-corrected chi connectivity index (χ1v) is 6.11. The van der Waals surface area contributed by atoms with Crippen LogP contribution in [-0.2, 0) is 0 Å². The van der Waals surface area contributed by atoms with Gasteiger partial charge >= 0.3 is 0 Å². The zero-order valence-corrected chi connectivity index (χ0v) is 10.5. The maximum Gasteiger partial charge on any atom is 0.131 e. The van der Waals surface area contributed by atoms with Crippen LogP contribution in [0.2, 0.25) is 0 Å². The quantitative estimate of drug-likeness (QED) is 0.414. The lowest BCUT2D eigenvalue weighted by Gasteiger charge is -2.06. The molecule has 0 spiro atoms. The molecule has 0 nitrogen and oxygen atoms in total. The largest absolute Gasteiger partial charge is 0.206 e. The van der Waals surface area contributed by atoms with Crippen molar-refractivity contribution in [3.8, 4) is 0 Å². The Morgan fingerprint density at radius 1 is 0.750 bits per heavy atom. The molecule has 78 valence electrons. The summed E-state index contributed by atoms with van der Waals surface area (Å²) in [5, 5.41) is 3.77. The molecule has 0 unspecified atom stereocenters. The van der Waals surface area contributed by atoms with Crippen LogP contribution in [0.3, 0.4) is 0 Å². The molecule has 16 heavy (non-hydrogen) atoms. The van der Waals surface area contributed by atoms with Crippen LogP contribution in [0.5, 0.6) is 0 Å². The molecule has 3 aromatic rings. The van der Waals surface area contributed by atoms with Crippen LogP contribution in [-0.4, -0.2) is 0 Å². The van der Waals surface area contributed by atoms with Gasteiger partial charge in [-0.3, -0.25) is 0 Å². The van der Waals surface area contributed by atoms with Gasteiger partial charge < -0.3 is 0 Å². The topological polar surface area (TPSA) is 0 Å². The second-order valence-corrected chi connectivity index (χ2v) is 4.90. The Labute approximate surface area is 106 Å². The molecule has 0 heterocycles. The van der Waals surface area contributed by atoms with Gasteiger partial charge in [0.1, 0.15) is 5.82 Å². The fraction of sp³-hybridized carbons (Fsp3) is 0. The van der Waals surface area contributed by atoms with E-state index < -0.39 is 0 Å². The summed E-state index contributed by atoms with van der Waals surface area (Å²) < 4.78 is 15.0. The number of benzene rings is 3. The lowest BCUT2D eigenvalue weighted by Crippen LogP contribution is -1.84. The van der Waals surface area contributed by atoms with Crippen molar-refractivity contribution in [1.29, 1.82) is 0 Å². The second-order valence-electron chi connectivity index (χ2n) is 3.74. The number of fused-ring (bicyclic) bond motifs is 3. The van der Waals surface area contributed by atoms with E-state index in [1.165, 1.54) is 0 Å². The fourth-order valence-corrected chi connectivity index (χ4v) is 2.70. The summed E-state index contributed by atoms with van der Waals surface area (Å²) >= 11 is 2.24. The van der Waals surface area contributed by atoms with Gasteiger partial charge in [0.15, 0.2) is 0 Å². The third-order valence-corrected chi connectivity index (χ3v) is 3.74. The van der Waals surface area contributed by atoms with Gasteiger partial charge in [-0.25, -0.2) is 4.39 Å². The van der Waals surface area contributed by atoms with E-state index in [4.69, 9.17) is 0 Å². The van der Waals surface area contributed by atoms with Gasteiger partial charge in [-0.15, -0.1) is 0 Å². The molecule has 0 N–H and O–H groups in total. The maximum absolute atomic E-state index is 13.9. The molecule has 0 saturated carbocycles. The van der Waals surface area contributed by atoms with Gasteiger partial charge in [0.25, 0.3) is 0 Å². The molecule has 3 aromatic carbocycles. The summed E-state index contributed by atoms with van der Waals surface area (Å²) in [6, 6.07) is 15.3. The number of rotatable bonds is 0. The SMILES string of the molecule is Fc1cc2c(I)cccc2c2ccccc12. The minimum absolute atomic E-state index is 0.146. The van der Waals surface area contributed by atoms with E-state index in [9.17, 15) is 4.39 Å². The number of halogens is 2. The van der Waals surface area contributed by atoms with E-state index in [2.05, 4.69) is 22.6 Å². The third-order valence-electron chi connectivity index (χ3n) is 2.80. The van der Waals surface area contributed by atoms with Gasteiger partial charge in [-0.05, 0) is 50.9 Å².